The summed E-state index contributed by atoms with van der Waals surface area (Å²) in [6, 6.07) is 53.2. The summed E-state index contributed by atoms with van der Waals surface area (Å²) in [6.45, 7) is 0. The SMILES string of the molecule is c1ccc(-c2ccc3c(-c4cccc(-c5ccc6c7c(cccc57)-c5ccccc5-6)c4)cccc3c2)cc1. The van der Waals surface area contributed by atoms with E-state index < -0.39 is 0 Å². The first-order valence-electron chi connectivity index (χ1n) is 13.2. The summed E-state index contributed by atoms with van der Waals surface area (Å²) in [5, 5.41) is 5.23. The predicted molar refractivity (Wildman–Crippen MR) is 162 cm³/mol. The van der Waals surface area contributed by atoms with Crippen LogP contribution in [-0.4, -0.2) is 0 Å². The molecule has 0 heterocycles. The van der Waals surface area contributed by atoms with Gasteiger partial charge in [0.25, 0.3) is 0 Å². The van der Waals surface area contributed by atoms with Crippen LogP contribution in [0.4, 0.5) is 0 Å². The summed E-state index contributed by atoms with van der Waals surface area (Å²) in [5.41, 5.74) is 12.9. The van der Waals surface area contributed by atoms with Gasteiger partial charge in [-0.05, 0) is 89.3 Å². The van der Waals surface area contributed by atoms with Crippen LogP contribution in [0.2, 0.25) is 0 Å². The molecule has 7 aromatic carbocycles. The molecule has 0 fully saturated rings. The average Bonchev–Trinajstić information content (AvgIpc) is 3.32. The maximum atomic E-state index is 2.35. The van der Waals surface area contributed by atoms with Gasteiger partial charge in [-0.3, -0.25) is 0 Å². The van der Waals surface area contributed by atoms with Gasteiger partial charge in [-0.1, -0.05) is 133 Å². The first-order valence-corrected chi connectivity index (χ1v) is 13.2. The minimum atomic E-state index is 1.24. The quantitative estimate of drug-likeness (QED) is 0.236. The Morgan fingerprint density at radius 1 is 0.263 bits per heavy atom. The second-order valence-corrected chi connectivity index (χ2v) is 10.1. The lowest BCUT2D eigenvalue weighted by molar-refractivity contribution is 1.62. The van der Waals surface area contributed by atoms with Crippen molar-refractivity contribution in [2.24, 2.45) is 0 Å². The molecule has 1 aliphatic rings. The van der Waals surface area contributed by atoms with Crippen molar-refractivity contribution in [1.82, 2.24) is 0 Å². The fourth-order valence-corrected chi connectivity index (χ4v) is 6.26. The molecule has 0 spiro atoms. The molecule has 0 atom stereocenters. The molecule has 1 aliphatic carbocycles. The highest BCUT2D eigenvalue weighted by Gasteiger charge is 2.22. The maximum Gasteiger partial charge on any atom is -0.00201 e. The number of benzene rings is 7. The minimum absolute atomic E-state index is 1.24. The maximum absolute atomic E-state index is 2.35. The molecule has 0 N–H and O–H groups in total. The molecule has 0 aromatic heterocycles. The molecule has 0 radical (unpaired) electrons. The van der Waals surface area contributed by atoms with E-state index in [1.807, 2.05) is 0 Å². The highest BCUT2D eigenvalue weighted by atomic mass is 14.2. The minimum Gasteiger partial charge on any atom is -0.0622 e. The van der Waals surface area contributed by atoms with Gasteiger partial charge in [0.05, 0.1) is 0 Å². The van der Waals surface area contributed by atoms with Crippen molar-refractivity contribution in [3.63, 3.8) is 0 Å². The van der Waals surface area contributed by atoms with E-state index in [9.17, 15) is 0 Å². The van der Waals surface area contributed by atoms with Gasteiger partial charge in [0, 0.05) is 0 Å². The molecule has 0 saturated carbocycles. The third-order valence-corrected chi connectivity index (χ3v) is 8.02. The van der Waals surface area contributed by atoms with Crippen molar-refractivity contribution >= 4 is 21.5 Å². The van der Waals surface area contributed by atoms with Crippen molar-refractivity contribution in [1.29, 1.82) is 0 Å². The Balaban J connectivity index is 1.27. The zero-order valence-electron chi connectivity index (χ0n) is 20.9. The molecule has 0 bridgehead atoms. The van der Waals surface area contributed by atoms with Crippen molar-refractivity contribution in [3.05, 3.63) is 146 Å². The first kappa shape index (κ1) is 21.2. The van der Waals surface area contributed by atoms with Gasteiger partial charge in [-0.2, -0.15) is 0 Å². The highest BCUT2D eigenvalue weighted by molar-refractivity contribution is 6.18. The van der Waals surface area contributed by atoms with Crippen LogP contribution in [0.5, 0.6) is 0 Å². The van der Waals surface area contributed by atoms with Gasteiger partial charge in [-0.15, -0.1) is 0 Å². The van der Waals surface area contributed by atoms with Crippen LogP contribution in [0.1, 0.15) is 0 Å². The van der Waals surface area contributed by atoms with Crippen LogP contribution in [0.15, 0.2) is 146 Å². The third-order valence-electron chi connectivity index (χ3n) is 8.02. The van der Waals surface area contributed by atoms with E-state index in [4.69, 9.17) is 0 Å². The smallest absolute Gasteiger partial charge is 0.00201 e. The molecular formula is C38H24. The first-order chi connectivity index (χ1) is 18.8. The molecule has 38 heavy (non-hydrogen) atoms. The highest BCUT2D eigenvalue weighted by Crippen LogP contribution is 2.49. The predicted octanol–water partition coefficient (Wildman–Crippen LogP) is 10.6. The molecule has 0 unspecified atom stereocenters. The van der Waals surface area contributed by atoms with Crippen LogP contribution >= 0.6 is 0 Å². The van der Waals surface area contributed by atoms with Gasteiger partial charge >= 0.3 is 0 Å². The van der Waals surface area contributed by atoms with E-state index in [-0.39, 0.29) is 0 Å². The summed E-state index contributed by atoms with van der Waals surface area (Å²) in [4.78, 5) is 0. The monoisotopic (exact) mass is 480 g/mol. The van der Waals surface area contributed by atoms with Gasteiger partial charge in [0.1, 0.15) is 0 Å². The molecule has 0 saturated heterocycles. The number of rotatable bonds is 3. The lowest BCUT2D eigenvalue weighted by atomic mass is 9.91. The molecule has 0 aliphatic heterocycles. The largest absolute Gasteiger partial charge is 0.0622 e. The van der Waals surface area contributed by atoms with Gasteiger partial charge < -0.3 is 0 Å². The topological polar surface area (TPSA) is 0 Å². The number of fused-ring (bicyclic) bond motifs is 4. The Bertz CT molecular complexity index is 1980. The standard InChI is InChI=1S/C38H24/c1-2-9-25(10-3-1)26-19-20-31-27(23-26)13-7-16-30(31)28-11-6-12-29(24-28)32-21-22-37-34-15-5-4-14-33(34)36-18-8-17-35(32)38(36)37/h1-24H. The fourth-order valence-electron chi connectivity index (χ4n) is 6.26. The molecule has 7 aromatic rings. The second kappa shape index (κ2) is 8.30. The van der Waals surface area contributed by atoms with Crippen molar-refractivity contribution in [2.75, 3.05) is 0 Å². The molecule has 0 nitrogen and oxygen atoms in total. The van der Waals surface area contributed by atoms with E-state index in [2.05, 4.69) is 146 Å². The van der Waals surface area contributed by atoms with Crippen LogP contribution in [-0.2, 0) is 0 Å². The zero-order valence-corrected chi connectivity index (χ0v) is 20.9. The summed E-state index contributed by atoms with van der Waals surface area (Å²) in [5.74, 6) is 0. The Labute approximate surface area is 222 Å². The van der Waals surface area contributed by atoms with Gasteiger partial charge in [0.2, 0.25) is 0 Å². The Morgan fingerprint density at radius 3 is 1.66 bits per heavy atom. The van der Waals surface area contributed by atoms with E-state index in [0.717, 1.165) is 0 Å². The van der Waals surface area contributed by atoms with Crippen molar-refractivity contribution in [3.8, 4) is 55.6 Å². The lowest BCUT2D eigenvalue weighted by Gasteiger charge is -2.13. The normalized spacial score (nSPS) is 11.7. The summed E-state index contributed by atoms with van der Waals surface area (Å²) in [7, 11) is 0. The van der Waals surface area contributed by atoms with Crippen molar-refractivity contribution in [2.45, 2.75) is 0 Å². The van der Waals surface area contributed by atoms with Gasteiger partial charge in [0.15, 0.2) is 0 Å². The summed E-state index contributed by atoms with van der Waals surface area (Å²) >= 11 is 0. The fraction of sp³-hybridized carbons (Fsp3) is 0. The summed E-state index contributed by atoms with van der Waals surface area (Å²) in [6.07, 6.45) is 0. The number of hydrogen-bond donors (Lipinski definition) is 0. The van der Waals surface area contributed by atoms with Crippen LogP contribution < -0.4 is 0 Å². The molecule has 176 valence electrons. The van der Waals surface area contributed by atoms with Crippen LogP contribution in [0.25, 0.3) is 77.2 Å². The molecule has 8 rings (SSSR count). The van der Waals surface area contributed by atoms with E-state index in [1.165, 1.54) is 77.2 Å². The van der Waals surface area contributed by atoms with E-state index in [0.29, 0.717) is 0 Å². The zero-order chi connectivity index (χ0) is 25.1. The van der Waals surface area contributed by atoms with Crippen LogP contribution in [0.3, 0.4) is 0 Å². The molecule has 0 amide bonds. The Hall–Kier alpha value is -4.94. The van der Waals surface area contributed by atoms with E-state index >= 15 is 0 Å². The van der Waals surface area contributed by atoms with Gasteiger partial charge in [-0.25, -0.2) is 0 Å². The van der Waals surface area contributed by atoms with Crippen molar-refractivity contribution < 1.29 is 0 Å². The Kier molecular flexibility index (Phi) is 4.62. The lowest BCUT2D eigenvalue weighted by Crippen LogP contribution is -1.86. The average molecular weight is 481 g/mol. The van der Waals surface area contributed by atoms with E-state index in [1.54, 1.807) is 0 Å². The number of hydrogen-bond acceptors (Lipinski definition) is 0. The Morgan fingerprint density at radius 2 is 0.842 bits per heavy atom. The van der Waals surface area contributed by atoms with Crippen LogP contribution in [0, 0.1) is 0 Å². The third kappa shape index (κ3) is 3.17. The summed E-state index contributed by atoms with van der Waals surface area (Å²) < 4.78 is 0. The molecule has 0 heteroatoms. The second-order valence-electron chi connectivity index (χ2n) is 10.1. The molecular weight excluding hydrogens is 456 g/mol.